The smallest absolute Gasteiger partial charge is 0.338 e. The third-order valence-electron chi connectivity index (χ3n) is 2.58. The molecule has 4 heteroatoms. The second-order valence-corrected chi connectivity index (χ2v) is 6.85. The number of hydrogen-bond donors (Lipinski definition) is 0. The van der Waals surface area contributed by atoms with E-state index >= 15 is 0 Å². The zero-order valence-corrected chi connectivity index (χ0v) is 12.5. The quantitative estimate of drug-likeness (QED) is 0.370. The van der Waals surface area contributed by atoms with Crippen molar-refractivity contribution in [3.63, 3.8) is 0 Å². The van der Waals surface area contributed by atoms with Gasteiger partial charge in [0.1, 0.15) is 12.0 Å². The number of thiophene rings is 1. The fourth-order valence-electron chi connectivity index (χ4n) is 1.47. The predicted molar refractivity (Wildman–Crippen MR) is 81.0 cm³/mol. The molecule has 0 spiro atoms. The largest absolute Gasteiger partial charge is 0.423 e. The number of hydrogen-bond acceptors (Lipinski definition) is 3. The molecule has 0 amide bonds. The average molecular weight is 291 g/mol. The minimum absolute atomic E-state index is 0.0570. The third-order valence-corrected chi connectivity index (χ3v) is 5.36. The van der Waals surface area contributed by atoms with Gasteiger partial charge in [-0.15, -0.1) is 11.3 Å². The number of esters is 1. The summed E-state index contributed by atoms with van der Waals surface area (Å²) in [5.74, 6) is 0.167. The van der Waals surface area contributed by atoms with E-state index < -0.39 is 0 Å². The molecule has 2 rings (SSSR count). The van der Waals surface area contributed by atoms with E-state index in [1.165, 1.54) is 9.79 Å². The molecule has 2 aromatic rings. The van der Waals surface area contributed by atoms with E-state index in [4.69, 9.17) is 4.74 Å². The summed E-state index contributed by atoms with van der Waals surface area (Å²) >= 11 is 1.71. The van der Waals surface area contributed by atoms with Crippen LogP contribution < -0.4 is 4.74 Å². The number of rotatable bonds is 4. The zero-order valence-electron chi connectivity index (χ0n) is 10.9. The first kappa shape index (κ1) is 13.9. The Kier molecular flexibility index (Phi) is 4.45. The topological polar surface area (TPSA) is 26.3 Å². The standard InChI is InChI=1S/C15H15O2S2/c1-11(2)15(16)17-12-4-6-13(7-5-12)19(3)14-8-9-18-10-14/h4-10H,1H2,2-3H3/q+1. The molecule has 0 aliphatic heterocycles. The Morgan fingerprint density at radius 1 is 1.21 bits per heavy atom. The lowest BCUT2D eigenvalue weighted by Crippen LogP contribution is -2.08. The molecule has 98 valence electrons. The molecule has 0 fully saturated rings. The van der Waals surface area contributed by atoms with Crippen LogP contribution in [0.25, 0.3) is 0 Å². The summed E-state index contributed by atoms with van der Waals surface area (Å²) in [6.45, 7) is 5.19. The molecule has 0 N–H and O–H groups in total. The lowest BCUT2D eigenvalue weighted by molar-refractivity contribution is -0.130. The maximum absolute atomic E-state index is 11.4. The van der Waals surface area contributed by atoms with Crippen LogP contribution in [0.15, 0.2) is 63.0 Å². The van der Waals surface area contributed by atoms with Crippen LogP contribution >= 0.6 is 11.3 Å². The van der Waals surface area contributed by atoms with Crippen molar-refractivity contribution in [1.29, 1.82) is 0 Å². The van der Waals surface area contributed by atoms with Crippen LogP contribution in [0.3, 0.4) is 0 Å². The summed E-state index contributed by atoms with van der Waals surface area (Å²) in [5, 5.41) is 4.25. The first-order valence-electron chi connectivity index (χ1n) is 5.74. The molecule has 0 aliphatic carbocycles. The van der Waals surface area contributed by atoms with E-state index in [-0.39, 0.29) is 16.9 Å². The van der Waals surface area contributed by atoms with Crippen LogP contribution in [-0.2, 0) is 15.7 Å². The van der Waals surface area contributed by atoms with Crippen LogP contribution in [0, 0.1) is 0 Å². The van der Waals surface area contributed by atoms with E-state index in [1.807, 2.05) is 24.3 Å². The Labute approximate surface area is 120 Å². The monoisotopic (exact) mass is 291 g/mol. The highest BCUT2D eigenvalue weighted by molar-refractivity contribution is 7.96. The molecule has 0 saturated carbocycles. The number of carbonyl (C=O) groups is 1. The predicted octanol–water partition coefficient (Wildman–Crippen LogP) is 3.90. The van der Waals surface area contributed by atoms with Gasteiger partial charge in [-0.3, -0.25) is 0 Å². The highest BCUT2D eigenvalue weighted by Gasteiger charge is 2.19. The van der Waals surface area contributed by atoms with Crippen LogP contribution in [0.1, 0.15) is 6.92 Å². The molecule has 0 saturated heterocycles. The lowest BCUT2D eigenvalue weighted by Gasteiger charge is -2.04. The Hall–Kier alpha value is -1.52. The van der Waals surface area contributed by atoms with Crippen LogP contribution in [0.2, 0.25) is 0 Å². The fourth-order valence-corrected chi connectivity index (χ4v) is 3.90. The second kappa shape index (κ2) is 6.08. The molecule has 1 atom stereocenters. The molecule has 19 heavy (non-hydrogen) atoms. The molecule has 2 nitrogen and oxygen atoms in total. The first-order valence-corrected chi connectivity index (χ1v) is 8.31. The molecule has 1 unspecified atom stereocenters. The average Bonchev–Trinajstić information content (AvgIpc) is 2.92. The summed E-state index contributed by atoms with van der Waals surface area (Å²) in [4.78, 5) is 14.0. The van der Waals surface area contributed by atoms with Gasteiger partial charge in [-0.1, -0.05) is 6.58 Å². The molecule has 1 aromatic carbocycles. The Morgan fingerprint density at radius 2 is 1.89 bits per heavy atom. The molecule has 0 bridgehead atoms. The summed E-state index contributed by atoms with van der Waals surface area (Å²) < 4.78 is 5.17. The third kappa shape index (κ3) is 3.49. The number of carbonyl (C=O) groups excluding carboxylic acids is 1. The summed E-state index contributed by atoms with van der Waals surface area (Å²) in [7, 11) is 0.0570. The van der Waals surface area contributed by atoms with E-state index in [0.29, 0.717) is 11.3 Å². The van der Waals surface area contributed by atoms with E-state index in [9.17, 15) is 4.79 Å². The van der Waals surface area contributed by atoms with Crippen molar-refractivity contribution in [2.24, 2.45) is 0 Å². The second-order valence-electron chi connectivity index (χ2n) is 4.11. The van der Waals surface area contributed by atoms with Crippen LogP contribution in [-0.4, -0.2) is 12.2 Å². The van der Waals surface area contributed by atoms with Gasteiger partial charge in [-0.25, -0.2) is 4.79 Å². The number of ether oxygens (including phenoxy) is 1. The van der Waals surface area contributed by atoms with E-state index in [1.54, 1.807) is 18.3 Å². The van der Waals surface area contributed by atoms with Gasteiger partial charge in [0.2, 0.25) is 0 Å². The van der Waals surface area contributed by atoms with E-state index in [2.05, 4.69) is 29.7 Å². The minimum atomic E-state index is -0.388. The van der Waals surface area contributed by atoms with Crippen molar-refractivity contribution >= 4 is 28.2 Å². The number of benzene rings is 1. The van der Waals surface area contributed by atoms with Gasteiger partial charge in [0.05, 0.1) is 10.9 Å². The Bertz CT molecular complexity index is 571. The van der Waals surface area contributed by atoms with Gasteiger partial charge in [0, 0.05) is 17.0 Å². The van der Waals surface area contributed by atoms with Gasteiger partial charge in [-0.05, 0) is 36.6 Å². The highest BCUT2D eigenvalue weighted by Crippen LogP contribution is 2.25. The van der Waals surface area contributed by atoms with Crippen molar-refractivity contribution in [3.05, 3.63) is 53.2 Å². The van der Waals surface area contributed by atoms with Gasteiger partial charge in [-0.2, -0.15) is 0 Å². The van der Waals surface area contributed by atoms with Crippen molar-refractivity contribution < 1.29 is 9.53 Å². The molecule has 0 radical (unpaired) electrons. The van der Waals surface area contributed by atoms with Gasteiger partial charge < -0.3 is 4.74 Å². The fraction of sp³-hybridized carbons (Fsp3) is 0.133. The van der Waals surface area contributed by atoms with Gasteiger partial charge in [0.25, 0.3) is 0 Å². The minimum Gasteiger partial charge on any atom is -0.423 e. The Balaban J connectivity index is 2.10. The Morgan fingerprint density at radius 3 is 2.42 bits per heavy atom. The van der Waals surface area contributed by atoms with Crippen molar-refractivity contribution in [1.82, 2.24) is 0 Å². The van der Waals surface area contributed by atoms with Crippen molar-refractivity contribution in [2.75, 3.05) is 6.26 Å². The van der Waals surface area contributed by atoms with E-state index in [0.717, 1.165) is 0 Å². The maximum atomic E-state index is 11.4. The molecule has 0 aliphatic rings. The summed E-state index contributed by atoms with van der Waals surface area (Å²) in [6.07, 6.45) is 2.19. The lowest BCUT2D eigenvalue weighted by atomic mass is 10.3. The normalized spacial score (nSPS) is 11.9. The zero-order chi connectivity index (χ0) is 13.8. The SMILES string of the molecule is C=C(C)C(=O)Oc1ccc([S+](C)c2ccsc2)cc1. The van der Waals surface area contributed by atoms with Gasteiger partial charge in [0.15, 0.2) is 9.79 Å². The van der Waals surface area contributed by atoms with Gasteiger partial charge >= 0.3 is 5.97 Å². The van der Waals surface area contributed by atoms with Crippen molar-refractivity contribution in [2.45, 2.75) is 16.7 Å². The molecular weight excluding hydrogens is 276 g/mol. The first-order chi connectivity index (χ1) is 9.08. The maximum Gasteiger partial charge on any atom is 0.338 e. The summed E-state index contributed by atoms with van der Waals surface area (Å²) in [6, 6.07) is 9.80. The highest BCUT2D eigenvalue weighted by atomic mass is 32.2. The molecule has 1 heterocycles. The van der Waals surface area contributed by atoms with Crippen LogP contribution in [0.5, 0.6) is 5.75 Å². The molecular formula is C15H15O2S2+. The van der Waals surface area contributed by atoms with Crippen LogP contribution in [0.4, 0.5) is 0 Å². The molecule has 1 aromatic heterocycles. The summed E-state index contributed by atoms with van der Waals surface area (Å²) in [5.41, 5.74) is 0.401. The van der Waals surface area contributed by atoms with Crippen molar-refractivity contribution in [3.8, 4) is 5.75 Å².